The van der Waals surface area contributed by atoms with Gasteiger partial charge in [-0.25, -0.2) is 9.59 Å². The Bertz CT molecular complexity index is 191. The first-order valence-electron chi connectivity index (χ1n) is 2.52. The van der Waals surface area contributed by atoms with Crippen molar-refractivity contribution in [1.29, 1.82) is 0 Å². The highest BCUT2D eigenvalue weighted by Gasteiger charge is 2.06. The van der Waals surface area contributed by atoms with Crippen LogP contribution in [0.15, 0.2) is 12.4 Å². The molecular weight excluding hydrogens is 157 g/mol. The first-order valence-corrected chi connectivity index (χ1v) is 2.52. The minimum absolute atomic E-state index is 0.586. The average Bonchev–Trinajstić information content (AvgIpc) is 1.86. The second-order valence-electron chi connectivity index (χ2n) is 1.46. The Balaban J connectivity index is 3.47. The van der Waals surface area contributed by atoms with Crippen molar-refractivity contribution in [1.82, 2.24) is 5.32 Å². The standard InChI is InChI=1S/C5H6FNO4/c1-3(6)4(8)11-2-7-5(9)10/h7H,1-2H2,(H,9,10). The Kier molecular flexibility index (Phi) is 3.65. The van der Waals surface area contributed by atoms with Crippen molar-refractivity contribution < 1.29 is 23.8 Å². The van der Waals surface area contributed by atoms with Crippen LogP contribution in [0.3, 0.4) is 0 Å². The van der Waals surface area contributed by atoms with Crippen molar-refractivity contribution in [3.05, 3.63) is 12.4 Å². The summed E-state index contributed by atoms with van der Waals surface area (Å²) < 4.78 is 15.8. The monoisotopic (exact) mass is 163 g/mol. The molecule has 6 heteroatoms. The number of esters is 1. The lowest BCUT2D eigenvalue weighted by Crippen LogP contribution is -2.25. The average molecular weight is 163 g/mol. The molecule has 0 bridgehead atoms. The van der Waals surface area contributed by atoms with E-state index in [1.54, 1.807) is 5.32 Å². The first kappa shape index (κ1) is 9.41. The van der Waals surface area contributed by atoms with Gasteiger partial charge in [0.25, 0.3) is 0 Å². The molecule has 0 unspecified atom stereocenters. The third kappa shape index (κ3) is 4.89. The topological polar surface area (TPSA) is 75.6 Å². The van der Waals surface area contributed by atoms with Crippen LogP contribution in [0.25, 0.3) is 0 Å². The summed E-state index contributed by atoms with van der Waals surface area (Å²) in [5, 5.41) is 9.64. The zero-order chi connectivity index (χ0) is 8.85. The molecule has 62 valence electrons. The van der Waals surface area contributed by atoms with E-state index in [-0.39, 0.29) is 0 Å². The molecular formula is C5H6FNO4. The van der Waals surface area contributed by atoms with Crippen LogP contribution in [0.1, 0.15) is 0 Å². The van der Waals surface area contributed by atoms with E-state index in [1.807, 2.05) is 0 Å². The largest absolute Gasteiger partial charge is 0.465 e. The maximum absolute atomic E-state index is 11.8. The number of hydrogen-bond donors (Lipinski definition) is 2. The van der Waals surface area contributed by atoms with Crippen LogP contribution in [0.5, 0.6) is 0 Å². The predicted molar refractivity (Wildman–Crippen MR) is 32.4 cm³/mol. The van der Waals surface area contributed by atoms with E-state index in [0.29, 0.717) is 0 Å². The van der Waals surface area contributed by atoms with E-state index in [2.05, 4.69) is 11.3 Å². The Labute approximate surface area is 61.5 Å². The SMILES string of the molecule is C=C(F)C(=O)OCNC(=O)O. The van der Waals surface area contributed by atoms with Crippen LogP contribution in [-0.2, 0) is 9.53 Å². The Morgan fingerprint density at radius 2 is 2.18 bits per heavy atom. The van der Waals surface area contributed by atoms with E-state index in [9.17, 15) is 14.0 Å². The highest BCUT2D eigenvalue weighted by atomic mass is 19.1. The van der Waals surface area contributed by atoms with Crippen LogP contribution in [0, 0.1) is 0 Å². The quantitative estimate of drug-likeness (QED) is 0.355. The molecule has 11 heavy (non-hydrogen) atoms. The molecule has 0 heterocycles. The zero-order valence-electron chi connectivity index (χ0n) is 5.46. The molecule has 0 rings (SSSR count). The van der Waals surface area contributed by atoms with Crippen molar-refractivity contribution in [2.45, 2.75) is 0 Å². The zero-order valence-corrected chi connectivity index (χ0v) is 5.46. The maximum atomic E-state index is 11.8. The Morgan fingerprint density at radius 3 is 2.55 bits per heavy atom. The molecule has 5 nitrogen and oxygen atoms in total. The number of halogens is 1. The number of carbonyl (C=O) groups is 2. The van der Waals surface area contributed by atoms with Gasteiger partial charge in [0.1, 0.15) is 0 Å². The number of hydrogen-bond acceptors (Lipinski definition) is 3. The second kappa shape index (κ2) is 4.26. The third-order valence-corrected chi connectivity index (χ3v) is 0.648. The maximum Gasteiger partial charge on any atom is 0.407 e. The molecule has 0 radical (unpaired) electrons. The van der Waals surface area contributed by atoms with Crippen molar-refractivity contribution >= 4 is 12.1 Å². The highest BCUT2D eigenvalue weighted by Crippen LogP contribution is 1.93. The number of ether oxygens (including phenoxy) is 1. The van der Waals surface area contributed by atoms with E-state index < -0.39 is 24.6 Å². The molecule has 0 saturated carbocycles. The first-order chi connectivity index (χ1) is 5.04. The fourth-order valence-corrected chi connectivity index (χ4v) is 0.242. The molecule has 1 amide bonds. The molecule has 0 aliphatic carbocycles. The number of carbonyl (C=O) groups excluding carboxylic acids is 1. The summed E-state index contributed by atoms with van der Waals surface area (Å²) in [7, 11) is 0. The molecule has 0 aromatic carbocycles. The van der Waals surface area contributed by atoms with Gasteiger partial charge in [0.05, 0.1) is 0 Å². The fraction of sp³-hybridized carbons (Fsp3) is 0.200. The lowest BCUT2D eigenvalue weighted by Gasteiger charge is -2.00. The van der Waals surface area contributed by atoms with Gasteiger partial charge >= 0.3 is 12.1 Å². The molecule has 0 aliphatic heterocycles. The molecule has 0 spiro atoms. The fourth-order valence-electron chi connectivity index (χ4n) is 0.242. The van der Waals surface area contributed by atoms with Gasteiger partial charge in [-0.2, -0.15) is 4.39 Å². The van der Waals surface area contributed by atoms with Gasteiger partial charge < -0.3 is 9.84 Å². The summed E-state index contributed by atoms with van der Waals surface area (Å²) in [6.45, 7) is 2.05. The van der Waals surface area contributed by atoms with Gasteiger partial charge in [-0.3, -0.25) is 5.32 Å². The Hall–Kier alpha value is -1.59. The van der Waals surface area contributed by atoms with E-state index in [4.69, 9.17) is 5.11 Å². The smallest absolute Gasteiger partial charge is 0.407 e. The van der Waals surface area contributed by atoms with E-state index >= 15 is 0 Å². The van der Waals surface area contributed by atoms with Gasteiger partial charge in [0, 0.05) is 0 Å². The van der Waals surface area contributed by atoms with Crippen LogP contribution in [0.2, 0.25) is 0 Å². The normalized spacial score (nSPS) is 8.45. The number of nitrogens with one attached hydrogen (secondary N) is 1. The van der Waals surface area contributed by atoms with Crippen molar-refractivity contribution in [2.24, 2.45) is 0 Å². The molecule has 0 atom stereocenters. The minimum Gasteiger partial charge on any atom is -0.465 e. The van der Waals surface area contributed by atoms with Crippen LogP contribution < -0.4 is 5.32 Å². The lowest BCUT2D eigenvalue weighted by molar-refractivity contribution is -0.141. The Morgan fingerprint density at radius 1 is 1.64 bits per heavy atom. The van der Waals surface area contributed by atoms with Crippen LogP contribution in [0.4, 0.5) is 9.18 Å². The van der Waals surface area contributed by atoms with Crippen molar-refractivity contribution in [2.75, 3.05) is 6.73 Å². The minimum atomic E-state index is -1.36. The lowest BCUT2D eigenvalue weighted by atomic mass is 10.6. The second-order valence-corrected chi connectivity index (χ2v) is 1.46. The van der Waals surface area contributed by atoms with E-state index in [1.165, 1.54) is 0 Å². The third-order valence-electron chi connectivity index (χ3n) is 0.648. The number of amides is 1. The molecule has 0 saturated heterocycles. The van der Waals surface area contributed by atoms with Gasteiger partial charge in [0.2, 0.25) is 5.83 Å². The van der Waals surface area contributed by atoms with Crippen LogP contribution in [-0.4, -0.2) is 23.9 Å². The van der Waals surface area contributed by atoms with Crippen molar-refractivity contribution in [3.63, 3.8) is 0 Å². The molecule has 0 fully saturated rings. The van der Waals surface area contributed by atoms with Gasteiger partial charge in [-0.1, -0.05) is 6.58 Å². The summed E-state index contributed by atoms with van der Waals surface area (Å²) in [5.74, 6) is -2.55. The van der Waals surface area contributed by atoms with Crippen molar-refractivity contribution in [3.8, 4) is 0 Å². The van der Waals surface area contributed by atoms with Gasteiger partial charge in [-0.05, 0) is 0 Å². The summed E-state index contributed by atoms with van der Waals surface area (Å²) in [4.78, 5) is 19.9. The molecule has 0 aliphatic rings. The summed E-state index contributed by atoms with van der Waals surface area (Å²) in [6, 6.07) is 0. The van der Waals surface area contributed by atoms with Gasteiger partial charge in [-0.15, -0.1) is 0 Å². The van der Waals surface area contributed by atoms with Gasteiger partial charge in [0.15, 0.2) is 6.73 Å². The molecule has 0 aromatic rings. The number of carboxylic acid groups (broad SMARTS) is 1. The summed E-state index contributed by atoms with van der Waals surface area (Å²) in [6.07, 6.45) is -1.36. The highest BCUT2D eigenvalue weighted by molar-refractivity contribution is 5.85. The van der Waals surface area contributed by atoms with E-state index in [0.717, 1.165) is 0 Å². The summed E-state index contributed by atoms with van der Waals surface area (Å²) in [5.41, 5.74) is 0. The molecule has 2 N–H and O–H groups in total. The molecule has 0 aromatic heterocycles. The summed E-state index contributed by atoms with van der Waals surface area (Å²) >= 11 is 0. The van der Waals surface area contributed by atoms with Crippen LogP contribution >= 0.6 is 0 Å². The predicted octanol–water partition coefficient (Wildman–Crippen LogP) is 0.238. The number of rotatable bonds is 3.